The summed E-state index contributed by atoms with van der Waals surface area (Å²) in [6.07, 6.45) is 3.04. The summed E-state index contributed by atoms with van der Waals surface area (Å²) in [7, 11) is 3.19. The highest BCUT2D eigenvalue weighted by atomic mass is 19.2. The Kier molecular flexibility index (Phi) is 6.10. The standard InChI is InChI=1S/C27H26F3N3O3/c1-14(34)7-15-8-17(10-19(9-15)36-3)27(35)33-18-5-4-6-23(33)25-20(13-18)26(32(2)31-25)16-11-21(28)24(30)22(29)12-16/h8-12,18,23H,4-7,13H2,1-3H3/t18-,23+/m1/s1. The van der Waals surface area contributed by atoms with Crippen LogP contribution >= 0.6 is 0 Å². The summed E-state index contributed by atoms with van der Waals surface area (Å²) >= 11 is 0. The number of benzene rings is 2. The van der Waals surface area contributed by atoms with Crippen molar-refractivity contribution in [3.63, 3.8) is 0 Å². The minimum Gasteiger partial charge on any atom is -0.497 e. The Bertz CT molecular complexity index is 1360. The predicted molar refractivity (Wildman–Crippen MR) is 126 cm³/mol. The molecule has 0 spiro atoms. The molecule has 2 aromatic carbocycles. The molecule has 3 aromatic rings. The van der Waals surface area contributed by atoms with E-state index in [-0.39, 0.29) is 35.8 Å². The number of amides is 1. The van der Waals surface area contributed by atoms with Gasteiger partial charge in [-0.3, -0.25) is 14.3 Å². The van der Waals surface area contributed by atoms with Crippen LogP contribution in [-0.4, -0.2) is 39.5 Å². The summed E-state index contributed by atoms with van der Waals surface area (Å²) in [6.45, 7) is 1.50. The van der Waals surface area contributed by atoms with Gasteiger partial charge in [0.2, 0.25) is 0 Å². The van der Waals surface area contributed by atoms with Crippen molar-refractivity contribution in [2.75, 3.05) is 7.11 Å². The Hall–Kier alpha value is -3.62. The second-order valence-electron chi connectivity index (χ2n) is 9.56. The largest absolute Gasteiger partial charge is 0.497 e. The van der Waals surface area contributed by atoms with Gasteiger partial charge in [0.25, 0.3) is 5.91 Å². The number of aryl methyl sites for hydroxylation is 1. The van der Waals surface area contributed by atoms with Crippen molar-refractivity contribution in [3.8, 4) is 17.0 Å². The number of ketones is 1. The van der Waals surface area contributed by atoms with E-state index in [1.165, 1.54) is 14.0 Å². The van der Waals surface area contributed by atoms with Crippen LogP contribution in [0.3, 0.4) is 0 Å². The SMILES string of the molecule is COc1cc(CC(C)=O)cc(C(=O)N2[C@@H]3CCC[C@H]2c2nn(C)c(-c4cc(F)c(F)c(F)c4)c2C3)c1. The van der Waals surface area contributed by atoms with Crippen LogP contribution < -0.4 is 4.74 Å². The quantitative estimate of drug-likeness (QED) is 0.469. The minimum atomic E-state index is -1.51. The lowest BCUT2D eigenvalue weighted by atomic mass is 9.81. The zero-order valence-electron chi connectivity index (χ0n) is 20.3. The summed E-state index contributed by atoms with van der Waals surface area (Å²) < 4.78 is 48.6. The van der Waals surface area contributed by atoms with E-state index in [9.17, 15) is 22.8 Å². The van der Waals surface area contributed by atoms with E-state index in [1.54, 1.807) is 29.9 Å². The molecule has 3 heterocycles. The third-order valence-electron chi connectivity index (χ3n) is 7.07. The number of fused-ring (bicyclic) bond motifs is 4. The van der Waals surface area contributed by atoms with Crippen LogP contribution in [0.15, 0.2) is 30.3 Å². The number of carbonyl (C=O) groups excluding carboxylic acids is 2. The van der Waals surface area contributed by atoms with E-state index in [4.69, 9.17) is 4.74 Å². The highest BCUT2D eigenvalue weighted by molar-refractivity contribution is 5.96. The maximum atomic E-state index is 14.0. The van der Waals surface area contributed by atoms with Crippen LogP contribution in [0.5, 0.6) is 5.75 Å². The second kappa shape index (κ2) is 9.11. The number of halogens is 3. The molecular formula is C27H26F3N3O3. The Morgan fingerprint density at radius 1 is 1.08 bits per heavy atom. The Balaban J connectivity index is 1.56. The molecule has 9 heteroatoms. The number of aromatic nitrogens is 2. The lowest BCUT2D eigenvalue weighted by Gasteiger charge is -2.45. The zero-order valence-corrected chi connectivity index (χ0v) is 20.3. The van der Waals surface area contributed by atoms with Gasteiger partial charge in [0.1, 0.15) is 11.5 Å². The van der Waals surface area contributed by atoms with Gasteiger partial charge in [0, 0.05) is 36.2 Å². The summed E-state index contributed by atoms with van der Waals surface area (Å²) in [5.41, 5.74) is 3.38. The first-order valence-corrected chi connectivity index (χ1v) is 11.9. The smallest absolute Gasteiger partial charge is 0.254 e. The van der Waals surface area contributed by atoms with Crippen LogP contribution in [0.25, 0.3) is 11.3 Å². The van der Waals surface area contributed by atoms with Crippen molar-refractivity contribution in [2.45, 2.75) is 51.1 Å². The fourth-order valence-corrected chi connectivity index (χ4v) is 5.64. The molecule has 1 amide bonds. The summed E-state index contributed by atoms with van der Waals surface area (Å²) in [5.74, 6) is -3.72. The first-order chi connectivity index (χ1) is 17.2. The van der Waals surface area contributed by atoms with Crippen LogP contribution in [0.1, 0.15) is 59.4 Å². The molecule has 6 nitrogen and oxygen atoms in total. The Morgan fingerprint density at radius 2 is 1.81 bits per heavy atom. The van der Waals surface area contributed by atoms with Gasteiger partial charge in [-0.05, 0) is 68.5 Å². The highest BCUT2D eigenvalue weighted by Crippen LogP contribution is 2.45. The molecule has 36 heavy (non-hydrogen) atoms. The molecule has 2 bridgehead atoms. The third-order valence-corrected chi connectivity index (χ3v) is 7.07. The number of Topliss-reactive ketones (excluding diaryl/α,β-unsaturated/α-hetero) is 1. The molecule has 2 aliphatic heterocycles. The molecule has 0 aliphatic carbocycles. The van der Waals surface area contributed by atoms with Crippen molar-refractivity contribution >= 4 is 11.7 Å². The minimum absolute atomic E-state index is 0.0178. The van der Waals surface area contributed by atoms with Gasteiger partial charge in [-0.25, -0.2) is 13.2 Å². The van der Waals surface area contributed by atoms with Crippen molar-refractivity contribution in [1.29, 1.82) is 0 Å². The number of hydrogen-bond donors (Lipinski definition) is 0. The predicted octanol–water partition coefficient (Wildman–Crippen LogP) is 4.94. The average Bonchev–Trinajstić information content (AvgIpc) is 3.16. The molecule has 2 atom stereocenters. The lowest BCUT2D eigenvalue weighted by Crippen LogP contribution is -2.49. The average molecular weight is 498 g/mol. The molecule has 1 saturated heterocycles. The van der Waals surface area contributed by atoms with Crippen molar-refractivity contribution < 1.29 is 27.5 Å². The molecule has 1 fully saturated rings. The van der Waals surface area contributed by atoms with E-state index in [0.717, 1.165) is 30.5 Å². The zero-order chi connectivity index (χ0) is 25.7. The molecule has 0 N–H and O–H groups in total. The topological polar surface area (TPSA) is 64.4 Å². The maximum Gasteiger partial charge on any atom is 0.254 e. The second-order valence-corrected chi connectivity index (χ2v) is 9.56. The van der Waals surface area contributed by atoms with E-state index < -0.39 is 17.5 Å². The Labute approximate surface area is 206 Å². The lowest BCUT2D eigenvalue weighted by molar-refractivity contribution is -0.116. The molecular weight excluding hydrogens is 471 g/mol. The molecule has 2 aliphatic rings. The third kappa shape index (κ3) is 4.06. The monoisotopic (exact) mass is 497 g/mol. The van der Waals surface area contributed by atoms with Gasteiger partial charge in [0.05, 0.1) is 24.5 Å². The Morgan fingerprint density at radius 3 is 2.47 bits per heavy atom. The number of ether oxygens (including phenoxy) is 1. The molecule has 1 aromatic heterocycles. The molecule has 188 valence electrons. The van der Waals surface area contributed by atoms with Gasteiger partial charge in [0.15, 0.2) is 17.5 Å². The van der Waals surface area contributed by atoms with E-state index in [2.05, 4.69) is 5.10 Å². The molecule has 0 unspecified atom stereocenters. The maximum absolute atomic E-state index is 14.0. The number of hydrogen-bond acceptors (Lipinski definition) is 4. The number of piperidine rings is 1. The van der Waals surface area contributed by atoms with Crippen molar-refractivity contribution in [2.24, 2.45) is 7.05 Å². The first-order valence-electron chi connectivity index (χ1n) is 11.9. The summed E-state index contributed by atoms with van der Waals surface area (Å²) in [6, 6.07) is 6.67. The summed E-state index contributed by atoms with van der Waals surface area (Å²) in [4.78, 5) is 27.4. The first kappa shape index (κ1) is 24.1. The van der Waals surface area contributed by atoms with Crippen LogP contribution in [0.4, 0.5) is 13.2 Å². The van der Waals surface area contributed by atoms with E-state index >= 15 is 0 Å². The molecule has 0 radical (unpaired) electrons. The number of nitrogens with zero attached hydrogens (tertiary/aromatic N) is 3. The number of rotatable bonds is 5. The fraction of sp³-hybridized carbons (Fsp3) is 0.370. The van der Waals surface area contributed by atoms with Gasteiger partial charge in [-0.2, -0.15) is 5.10 Å². The van der Waals surface area contributed by atoms with Gasteiger partial charge in [-0.1, -0.05) is 0 Å². The van der Waals surface area contributed by atoms with Gasteiger partial charge >= 0.3 is 0 Å². The fourth-order valence-electron chi connectivity index (χ4n) is 5.64. The van der Waals surface area contributed by atoms with Crippen LogP contribution in [0.2, 0.25) is 0 Å². The summed E-state index contributed by atoms with van der Waals surface area (Å²) in [5, 5.41) is 4.66. The van der Waals surface area contributed by atoms with Gasteiger partial charge < -0.3 is 9.64 Å². The van der Waals surface area contributed by atoms with Crippen LogP contribution in [0, 0.1) is 17.5 Å². The van der Waals surface area contributed by atoms with E-state index in [1.807, 2.05) is 4.90 Å². The number of carbonyl (C=O) groups is 2. The van der Waals surface area contributed by atoms with Gasteiger partial charge in [-0.15, -0.1) is 0 Å². The van der Waals surface area contributed by atoms with Crippen molar-refractivity contribution in [1.82, 2.24) is 14.7 Å². The van der Waals surface area contributed by atoms with Crippen molar-refractivity contribution in [3.05, 3.63) is 70.2 Å². The molecule has 5 rings (SSSR count). The number of methoxy groups -OCH3 is 1. The highest BCUT2D eigenvalue weighted by Gasteiger charge is 2.43. The van der Waals surface area contributed by atoms with Crippen LogP contribution in [-0.2, 0) is 24.7 Å². The molecule has 0 saturated carbocycles. The van der Waals surface area contributed by atoms with E-state index in [0.29, 0.717) is 41.1 Å². The normalized spacial score (nSPS) is 18.7.